The van der Waals surface area contributed by atoms with E-state index < -0.39 is 6.10 Å². The monoisotopic (exact) mass is 524 g/mol. The molecule has 0 aliphatic rings. The van der Waals surface area contributed by atoms with Gasteiger partial charge in [0.15, 0.2) is 0 Å². The second-order valence-corrected chi connectivity index (χ2v) is 9.86. The predicted octanol–water partition coefficient (Wildman–Crippen LogP) is 6.10. The molecule has 0 bridgehead atoms. The summed E-state index contributed by atoms with van der Waals surface area (Å²) >= 11 is 0. The van der Waals surface area contributed by atoms with Crippen molar-refractivity contribution >= 4 is 11.6 Å². The molecule has 39 heavy (non-hydrogen) atoms. The van der Waals surface area contributed by atoms with Crippen molar-refractivity contribution < 1.29 is 19.7 Å². The highest BCUT2D eigenvalue weighted by molar-refractivity contribution is 5.90. The molecule has 4 rings (SSSR count). The SMILES string of the molecule is CC(=O)Nc1cc(C(O)CN(Cc2ccccc2)C(C)Cc2ccc(O)cc2)ccc1OCc1ccccc1. The second kappa shape index (κ2) is 13.6. The Morgan fingerprint density at radius 3 is 2.15 bits per heavy atom. The number of rotatable bonds is 12. The summed E-state index contributed by atoms with van der Waals surface area (Å²) < 4.78 is 6.01. The zero-order valence-electron chi connectivity index (χ0n) is 22.5. The Balaban J connectivity index is 1.52. The van der Waals surface area contributed by atoms with Gasteiger partial charge in [-0.15, -0.1) is 0 Å². The third kappa shape index (κ3) is 8.43. The summed E-state index contributed by atoms with van der Waals surface area (Å²) in [4.78, 5) is 14.2. The number of carbonyl (C=O) groups is 1. The van der Waals surface area contributed by atoms with E-state index in [1.165, 1.54) is 6.92 Å². The summed E-state index contributed by atoms with van der Waals surface area (Å²) in [5.74, 6) is 0.584. The predicted molar refractivity (Wildman–Crippen MR) is 155 cm³/mol. The summed E-state index contributed by atoms with van der Waals surface area (Å²) in [7, 11) is 0. The molecule has 4 aromatic carbocycles. The number of nitrogens with zero attached hydrogens (tertiary/aromatic N) is 1. The molecule has 2 unspecified atom stereocenters. The third-order valence-electron chi connectivity index (χ3n) is 6.66. The molecule has 0 aliphatic carbocycles. The maximum absolute atomic E-state index is 11.9. The summed E-state index contributed by atoms with van der Waals surface area (Å²) in [6.07, 6.45) is -0.0184. The first-order chi connectivity index (χ1) is 18.9. The highest BCUT2D eigenvalue weighted by Crippen LogP contribution is 2.30. The number of nitrogens with one attached hydrogen (secondary N) is 1. The lowest BCUT2D eigenvalue weighted by Gasteiger charge is -2.31. The van der Waals surface area contributed by atoms with Crippen molar-refractivity contribution in [3.8, 4) is 11.5 Å². The Labute approximate surface area is 230 Å². The van der Waals surface area contributed by atoms with Crippen LogP contribution in [0.4, 0.5) is 5.69 Å². The summed E-state index contributed by atoms with van der Waals surface area (Å²) in [6.45, 7) is 5.04. The van der Waals surface area contributed by atoms with Crippen molar-refractivity contribution in [1.82, 2.24) is 4.90 Å². The molecule has 3 N–H and O–H groups in total. The number of aliphatic hydroxyl groups excluding tert-OH is 1. The molecule has 0 aromatic heterocycles. The number of benzene rings is 4. The molecule has 6 nitrogen and oxygen atoms in total. The Kier molecular flexibility index (Phi) is 9.73. The highest BCUT2D eigenvalue weighted by atomic mass is 16.5. The van der Waals surface area contributed by atoms with E-state index in [0.717, 1.165) is 23.1 Å². The van der Waals surface area contributed by atoms with Crippen molar-refractivity contribution in [3.05, 3.63) is 125 Å². The van der Waals surface area contributed by atoms with Gasteiger partial charge in [-0.3, -0.25) is 9.69 Å². The van der Waals surface area contributed by atoms with Crippen LogP contribution in [0.5, 0.6) is 11.5 Å². The fourth-order valence-corrected chi connectivity index (χ4v) is 4.55. The van der Waals surface area contributed by atoms with Crippen LogP contribution in [0.3, 0.4) is 0 Å². The van der Waals surface area contributed by atoms with Gasteiger partial charge in [0.05, 0.1) is 11.8 Å². The summed E-state index contributed by atoms with van der Waals surface area (Å²) in [5, 5.41) is 23.8. The average molecular weight is 525 g/mol. The lowest BCUT2D eigenvalue weighted by molar-refractivity contribution is -0.114. The number of phenolic OH excluding ortho intramolecular Hbond substituents is 1. The molecule has 0 saturated heterocycles. The number of carbonyl (C=O) groups excluding carboxylic acids is 1. The van der Waals surface area contributed by atoms with Crippen LogP contribution in [0.2, 0.25) is 0 Å². The van der Waals surface area contributed by atoms with Gasteiger partial charge in [0, 0.05) is 26.1 Å². The molecule has 6 heteroatoms. The van der Waals surface area contributed by atoms with Crippen LogP contribution in [-0.4, -0.2) is 33.6 Å². The first-order valence-corrected chi connectivity index (χ1v) is 13.2. The number of hydrogen-bond acceptors (Lipinski definition) is 5. The molecular formula is C33H36N2O4. The molecule has 0 heterocycles. The lowest BCUT2D eigenvalue weighted by atomic mass is 10.0. The van der Waals surface area contributed by atoms with Gasteiger partial charge in [-0.2, -0.15) is 0 Å². The number of phenols is 1. The maximum Gasteiger partial charge on any atom is 0.221 e. The second-order valence-electron chi connectivity index (χ2n) is 9.86. The number of amides is 1. The first kappa shape index (κ1) is 27.9. The normalized spacial score (nSPS) is 12.6. The van der Waals surface area contributed by atoms with E-state index in [1.807, 2.05) is 66.7 Å². The number of hydrogen-bond donors (Lipinski definition) is 3. The fourth-order valence-electron chi connectivity index (χ4n) is 4.55. The minimum Gasteiger partial charge on any atom is -0.508 e. The van der Waals surface area contributed by atoms with Gasteiger partial charge in [-0.1, -0.05) is 78.9 Å². The highest BCUT2D eigenvalue weighted by Gasteiger charge is 2.21. The van der Waals surface area contributed by atoms with Crippen molar-refractivity contribution in [1.29, 1.82) is 0 Å². The standard InChI is InChI=1S/C33H36N2O4/c1-24(19-26-13-16-30(37)17-14-26)35(21-27-9-5-3-6-10-27)22-32(38)29-15-18-33(31(20-29)34-25(2)36)39-23-28-11-7-4-8-12-28/h3-18,20,24,32,37-38H,19,21-23H2,1-2H3,(H,34,36). The van der Waals surface area contributed by atoms with Crippen LogP contribution in [-0.2, 0) is 24.4 Å². The van der Waals surface area contributed by atoms with Crippen LogP contribution in [0.25, 0.3) is 0 Å². The molecule has 4 aromatic rings. The van der Waals surface area contributed by atoms with Gasteiger partial charge in [-0.25, -0.2) is 0 Å². The minimum atomic E-state index is -0.785. The van der Waals surface area contributed by atoms with Gasteiger partial charge in [-0.05, 0) is 59.9 Å². The number of anilines is 1. The minimum absolute atomic E-state index is 0.118. The van der Waals surface area contributed by atoms with E-state index in [2.05, 4.69) is 29.3 Å². The molecule has 0 spiro atoms. The van der Waals surface area contributed by atoms with Gasteiger partial charge >= 0.3 is 0 Å². The molecule has 2 atom stereocenters. The third-order valence-corrected chi connectivity index (χ3v) is 6.66. The van der Waals surface area contributed by atoms with E-state index >= 15 is 0 Å². The number of aliphatic hydroxyl groups is 1. The number of ether oxygens (including phenoxy) is 1. The van der Waals surface area contributed by atoms with Crippen molar-refractivity contribution in [2.24, 2.45) is 0 Å². The molecule has 202 valence electrons. The van der Waals surface area contributed by atoms with Crippen LogP contribution >= 0.6 is 0 Å². The molecule has 1 amide bonds. The van der Waals surface area contributed by atoms with Crippen LogP contribution < -0.4 is 10.1 Å². The van der Waals surface area contributed by atoms with Gasteiger partial charge in [0.25, 0.3) is 0 Å². The Morgan fingerprint density at radius 1 is 0.872 bits per heavy atom. The van der Waals surface area contributed by atoms with E-state index in [-0.39, 0.29) is 17.7 Å². The first-order valence-electron chi connectivity index (χ1n) is 13.2. The lowest BCUT2D eigenvalue weighted by Crippen LogP contribution is -2.37. The molecular weight excluding hydrogens is 488 g/mol. The smallest absolute Gasteiger partial charge is 0.221 e. The van der Waals surface area contributed by atoms with E-state index in [1.54, 1.807) is 24.3 Å². The number of aromatic hydroxyl groups is 1. The average Bonchev–Trinajstić information content (AvgIpc) is 2.94. The van der Waals surface area contributed by atoms with Crippen molar-refractivity contribution in [2.45, 2.75) is 45.6 Å². The fraction of sp³-hybridized carbons (Fsp3) is 0.242. The Hall–Kier alpha value is -4.13. The maximum atomic E-state index is 11.9. The van der Waals surface area contributed by atoms with Gasteiger partial charge in [0.1, 0.15) is 18.1 Å². The summed E-state index contributed by atoms with van der Waals surface area (Å²) in [6, 6.07) is 32.8. The Morgan fingerprint density at radius 2 is 1.51 bits per heavy atom. The molecule has 0 fully saturated rings. The zero-order chi connectivity index (χ0) is 27.6. The van der Waals surface area contributed by atoms with Crippen LogP contribution in [0.1, 0.15) is 42.2 Å². The van der Waals surface area contributed by atoms with Crippen LogP contribution in [0.15, 0.2) is 103 Å². The quantitative estimate of drug-likeness (QED) is 0.209. The van der Waals surface area contributed by atoms with E-state index in [9.17, 15) is 15.0 Å². The van der Waals surface area contributed by atoms with Gasteiger partial charge < -0.3 is 20.3 Å². The van der Waals surface area contributed by atoms with E-state index in [4.69, 9.17) is 4.74 Å². The van der Waals surface area contributed by atoms with Crippen molar-refractivity contribution in [2.75, 3.05) is 11.9 Å². The van der Waals surface area contributed by atoms with Crippen LogP contribution in [0, 0.1) is 0 Å². The largest absolute Gasteiger partial charge is 0.508 e. The Bertz CT molecular complexity index is 1330. The zero-order valence-corrected chi connectivity index (χ0v) is 22.5. The topological polar surface area (TPSA) is 82.0 Å². The van der Waals surface area contributed by atoms with Gasteiger partial charge in [0.2, 0.25) is 5.91 Å². The van der Waals surface area contributed by atoms with E-state index in [0.29, 0.717) is 36.7 Å². The molecule has 0 radical (unpaired) electrons. The summed E-state index contributed by atoms with van der Waals surface area (Å²) in [5.41, 5.74) is 4.52. The van der Waals surface area contributed by atoms with Crippen molar-refractivity contribution in [3.63, 3.8) is 0 Å². The molecule has 0 saturated carbocycles. The molecule has 0 aliphatic heterocycles.